The van der Waals surface area contributed by atoms with E-state index in [1.807, 2.05) is 4.57 Å². The summed E-state index contributed by atoms with van der Waals surface area (Å²) in [6.45, 7) is 3.21. The summed E-state index contributed by atoms with van der Waals surface area (Å²) in [5.74, 6) is -1.69. The number of aryl methyl sites for hydroxylation is 1. The first-order valence-corrected chi connectivity index (χ1v) is 6.72. The quantitative estimate of drug-likeness (QED) is 0.756. The monoisotopic (exact) mass is 283 g/mol. The van der Waals surface area contributed by atoms with Crippen molar-refractivity contribution in [2.75, 3.05) is 26.8 Å². The van der Waals surface area contributed by atoms with Gasteiger partial charge in [-0.1, -0.05) is 0 Å². The molecule has 1 aromatic heterocycles. The van der Waals surface area contributed by atoms with Crippen molar-refractivity contribution in [1.82, 2.24) is 14.9 Å². The molecule has 6 heteroatoms. The van der Waals surface area contributed by atoms with E-state index in [2.05, 4.69) is 10.3 Å². The van der Waals surface area contributed by atoms with E-state index in [0.717, 1.165) is 38.5 Å². The molecule has 0 radical (unpaired) electrons. The molecule has 2 aromatic rings. The minimum Gasteiger partial charge on any atom is -0.383 e. The third kappa shape index (κ3) is 3.74. The Hall–Kier alpha value is -1.53. The van der Waals surface area contributed by atoms with E-state index in [9.17, 15) is 8.78 Å². The van der Waals surface area contributed by atoms with Crippen LogP contribution in [0.5, 0.6) is 0 Å². The molecule has 0 amide bonds. The van der Waals surface area contributed by atoms with Gasteiger partial charge in [0, 0.05) is 32.3 Å². The second-order valence-corrected chi connectivity index (χ2v) is 4.64. The zero-order valence-corrected chi connectivity index (χ0v) is 11.5. The molecular weight excluding hydrogens is 264 g/mol. The molecular formula is C14H19F2N3O. The Balaban J connectivity index is 1.83. The fourth-order valence-corrected chi connectivity index (χ4v) is 2.06. The molecule has 0 aliphatic rings. The lowest BCUT2D eigenvalue weighted by molar-refractivity contribution is 0.199. The van der Waals surface area contributed by atoms with Crippen molar-refractivity contribution in [3.63, 3.8) is 0 Å². The van der Waals surface area contributed by atoms with Gasteiger partial charge in [0.05, 0.1) is 24.0 Å². The van der Waals surface area contributed by atoms with Crippen molar-refractivity contribution in [3.8, 4) is 0 Å². The summed E-state index contributed by atoms with van der Waals surface area (Å²) in [6, 6.07) is 2.34. The number of nitrogens with one attached hydrogen (secondary N) is 1. The Morgan fingerprint density at radius 1 is 1.20 bits per heavy atom. The first-order valence-electron chi connectivity index (χ1n) is 6.72. The molecule has 1 N–H and O–H groups in total. The third-order valence-corrected chi connectivity index (χ3v) is 3.15. The minimum atomic E-state index is -0.856. The lowest BCUT2D eigenvalue weighted by Gasteiger charge is -2.06. The Morgan fingerprint density at radius 2 is 2.00 bits per heavy atom. The van der Waals surface area contributed by atoms with E-state index in [1.165, 1.54) is 6.07 Å². The summed E-state index contributed by atoms with van der Waals surface area (Å²) < 4.78 is 33.1. The molecule has 0 aliphatic heterocycles. The Labute approximate surface area is 116 Å². The molecule has 0 saturated carbocycles. The number of halogens is 2. The molecule has 0 spiro atoms. The van der Waals surface area contributed by atoms with Gasteiger partial charge in [0.2, 0.25) is 0 Å². The molecule has 110 valence electrons. The highest BCUT2D eigenvalue weighted by Crippen LogP contribution is 2.17. The molecule has 0 saturated heterocycles. The van der Waals surface area contributed by atoms with Crippen molar-refractivity contribution in [1.29, 1.82) is 0 Å². The van der Waals surface area contributed by atoms with E-state index >= 15 is 0 Å². The van der Waals surface area contributed by atoms with Crippen molar-refractivity contribution < 1.29 is 13.5 Å². The largest absolute Gasteiger partial charge is 0.383 e. The van der Waals surface area contributed by atoms with Gasteiger partial charge in [0.15, 0.2) is 11.6 Å². The number of imidazole rings is 1. The van der Waals surface area contributed by atoms with Crippen molar-refractivity contribution in [3.05, 3.63) is 30.1 Å². The summed E-state index contributed by atoms with van der Waals surface area (Å²) in [5, 5.41) is 3.26. The summed E-state index contributed by atoms with van der Waals surface area (Å²) in [5.41, 5.74) is 1.12. The first kappa shape index (κ1) is 14.9. The predicted octanol–water partition coefficient (Wildman–Crippen LogP) is 2.33. The van der Waals surface area contributed by atoms with Gasteiger partial charge in [-0.05, 0) is 19.4 Å². The maximum atomic E-state index is 13.2. The van der Waals surface area contributed by atoms with Crippen LogP contribution < -0.4 is 5.32 Å². The normalized spacial score (nSPS) is 11.3. The maximum absolute atomic E-state index is 13.2. The standard InChI is InChI=1S/C14H19F2N3O/c1-20-7-5-17-4-2-3-6-19-10-18-13-8-11(15)12(16)9-14(13)19/h8-10,17H,2-7H2,1H3. The lowest BCUT2D eigenvalue weighted by atomic mass is 10.2. The number of hydrogen-bond donors (Lipinski definition) is 1. The number of nitrogens with zero attached hydrogens (tertiary/aromatic N) is 2. The van der Waals surface area contributed by atoms with Gasteiger partial charge < -0.3 is 14.6 Å². The first-order chi connectivity index (χ1) is 9.72. The van der Waals surface area contributed by atoms with Crippen molar-refractivity contribution in [2.24, 2.45) is 0 Å². The van der Waals surface area contributed by atoms with Gasteiger partial charge >= 0.3 is 0 Å². The van der Waals surface area contributed by atoms with Crippen LogP contribution in [-0.2, 0) is 11.3 Å². The summed E-state index contributed by atoms with van der Waals surface area (Å²) in [4.78, 5) is 4.08. The number of methoxy groups -OCH3 is 1. The molecule has 0 aliphatic carbocycles. The smallest absolute Gasteiger partial charge is 0.161 e. The summed E-state index contributed by atoms with van der Waals surface area (Å²) in [7, 11) is 1.67. The van der Waals surface area contributed by atoms with E-state index in [-0.39, 0.29) is 0 Å². The Kier molecular flexibility index (Phi) is 5.43. The average molecular weight is 283 g/mol. The van der Waals surface area contributed by atoms with E-state index in [0.29, 0.717) is 17.6 Å². The molecule has 4 nitrogen and oxygen atoms in total. The topological polar surface area (TPSA) is 39.1 Å². The van der Waals surface area contributed by atoms with Gasteiger partial charge in [-0.3, -0.25) is 0 Å². The van der Waals surface area contributed by atoms with Gasteiger partial charge in [-0.2, -0.15) is 0 Å². The number of rotatable bonds is 8. The van der Waals surface area contributed by atoms with Crippen LogP contribution in [0, 0.1) is 11.6 Å². The maximum Gasteiger partial charge on any atom is 0.161 e. The number of aromatic nitrogens is 2. The van der Waals surface area contributed by atoms with Crippen LogP contribution in [0.1, 0.15) is 12.8 Å². The number of benzene rings is 1. The zero-order chi connectivity index (χ0) is 14.4. The SMILES string of the molecule is COCCNCCCCn1cnc2cc(F)c(F)cc21. The number of unbranched alkanes of at least 4 members (excludes halogenated alkanes) is 1. The average Bonchev–Trinajstić information content (AvgIpc) is 2.81. The summed E-state index contributed by atoms with van der Waals surface area (Å²) >= 11 is 0. The van der Waals surface area contributed by atoms with E-state index in [4.69, 9.17) is 4.74 Å². The number of hydrogen-bond acceptors (Lipinski definition) is 3. The Bertz CT molecular complexity index is 557. The highest BCUT2D eigenvalue weighted by atomic mass is 19.2. The van der Waals surface area contributed by atoms with Crippen LogP contribution in [-0.4, -0.2) is 36.4 Å². The fourth-order valence-electron chi connectivity index (χ4n) is 2.06. The molecule has 2 rings (SSSR count). The summed E-state index contributed by atoms with van der Waals surface area (Å²) in [6.07, 6.45) is 3.58. The highest BCUT2D eigenvalue weighted by Gasteiger charge is 2.08. The highest BCUT2D eigenvalue weighted by molar-refractivity contribution is 5.75. The van der Waals surface area contributed by atoms with E-state index < -0.39 is 11.6 Å². The molecule has 0 atom stereocenters. The second-order valence-electron chi connectivity index (χ2n) is 4.64. The molecule has 1 aromatic carbocycles. The zero-order valence-electron chi connectivity index (χ0n) is 11.5. The lowest BCUT2D eigenvalue weighted by Crippen LogP contribution is -2.20. The predicted molar refractivity (Wildman–Crippen MR) is 73.6 cm³/mol. The second kappa shape index (κ2) is 7.31. The van der Waals surface area contributed by atoms with E-state index in [1.54, 1.807) is 13.4 Å². The third-order valence-electron chi connectivity index (χ3n) is 3.15. The Morgan fingerprint density at radius 3 is 2.80 bits per heavy atom. The minimum absolute atomic E-state index is 0.488. The molecule has 0 fully saturated rings. The molecule has 20 heavy (non-hydrogen) atoms. The van der Waals surface area contributed by atoms with Crippen molar-refractivity contribution in [2.45, 2.75) is 19.4 Å². The molecule has 1 heterocycles. The fraction of sp³-hybridized carbons (Fsp3) is 0.500. The number of fused-ring (bicyclic) bond motifs is 1. The molecule has 0 unspecified atom stereocenters. The van der Waals surface area contributed by atoms with Gasteiger partial charge in [-0.25, -0.2) is 13.8 Å². The number of ether oxygens (including phenoxy) is 1. The van der Waals surface area contributed by atoms with Crippen molar-refractivity contribution >= 4 is 11.0 Å². The van der Waals surface area contributed by atoms with Gasteiger partial charge in [-0.15, -0.1) is 0 Å². The van der Waals surface area contributed by atoms with Crippen LogP contribution in [0.2, 0.25) is 0 Å². The van der Waals surface area contributed by atoms with Gasteiger partial charge in [0.1, 0.15) is 0 Å². The van der Waals surface area contributed by atoms with Crippen LogP contribution in [0.3, 0.4) is 0 Å². The van der Waals surface area contributed by atoms with Crippen LogP contribution in [0.15, 0.2) is 18.5 Å². The van der Waals surface area contributed by atoms with Crippen LogP contribution >= 0.6 is 0 Å². The van der Waals surface area contributed by atoms with Crippen LogP contribution in [0.25, 0.3) is 11.0 Å². The van der Waals surface area contributed by atoms with Crippen LogP contribution in [0.4, 0.5) is 8.78 Å². The van der Waals surface area contributed by atoms with Gasteiger partial charge in [0.25, 0.3) is 0 Å². The molecule has 0 bridgehead atoms.